The molecule has 0 aliphatic rings. The highest BCUT2D eigenvalue weighted by atomic mass is 16.5. The molecule has 0 aliphatic heterocycles. The van der Waals surface area contributed by atoms with Crippen molar-refractivity contribution in [2.45, 2.75) is 13.5 Å². The van der Waals surface area contributed by atoms with Crippen LogP contribution in [0.3, 0.4) is 0 Å². The highest BCUT2D eigenvalue weighted by Gasteiger charge is 2.08. The molecule has 0 spiro atoms. The molecule has 4 aromatic rings. The summed E-state index contributed by atoms with van der Waals surface area (Å²) in [7, 11) is 0. The monoisotopic (exact) mass is 339 g/mol. The van der Waals surface area contributed by atoms with Gasteiger partial charge in [0.1, 0.15) is 24.1 Å². The lowest BCUT2D eigenvalue weighted by Gasteiger charge is -2.10. The zero-order chi connectivity index (χ0) is 17.9. The van der Waals surface area contributed by atoms with Crippen LogP contribution in [0.4, 0.5) is 0 Å². The van der Waals surface area contributed by atoms with Crippen LogP contribution in [0.5, 0.6) is 5.75 Å². The van der Waals surface area contributed by atoms with Crippen LogP contribution in [-0.4, -0.2) is 9.38 Å². The van der Waals surface area contributed by atoms with Crippen molar-refractivity contribution < 1.29 is 4.74 Å². The number of pyridine rings is 1. The molecule has 126 valence electrons. The van der Waals surface area contributed by atoms with E-state index in [1.165, 1.54) is 0 Å². The molecule has 2 aromatic carbocycles. The lowest BCUT2D eigenvalue weighted by Crippen LogP contribution is -1.96. The maximum absolute atomic E-state index is 9.02. The minimum absolute atomic E-state index is 0.548. The summed E-state index contributed by atoms with van der Waals surface area (Å²) in [5.74, 6) is 0.869. The van der Waals surface area contributed by atoms with Gasteiger partial charge in [0.2, 0.25) is 0 Å². The zero-order valence-electron chi connectivity index (χ0n) is 14.4. The van der Waals surface area contributed by atoms with Gasteiger partial charge in [0.05, 0.1) is 11.3 Å². The van der Waals surface area contributed by atoms with Gasteiger partial charge in [-0.2, -0.15) is 5.26 Å². The lowest BCUT2D eigenvalue weighted by molar-refractivity contribution is 0.304. The molecular formula is C22H17N3O. The highest BCUT2D eigenvalue weighted by molar-refractivity contribution is 5.65. The zero-order valence-corrected chi connectivity index (χ0v) is 14.4. The van der Waals surface area contributed by atoms with E-state index in [9.17, 15) is 0 Å². The molecule has 0 radical (unpaired) electrons. The molecule has 0 N–H and O–H groups in total. The van der Waals surface area contributed by atoms with Crippen LogP contribution in [0, 0.1) is 18.3 Å². The van der Waals surface area contributed by atoms with Crippen molar-refractivity contribution >= 4 is 5.65 Å². The molecule has 4 rings (SSSR count). The summed E-state index contributed by atoms with van der Waals surface area (Å²) < 4.78 is 7.82. The van der Waals surface area contributed by atoms with E-state index in [1.807, 2.05) is 53.9 Å². The van der Waals surface area contributed by atoms with E-state index >= 15 is 0 Å². The summed E-state index contributed by atoms with van der Waals surface area (Å²) in [6, 6.07) is 22.0. The molecule has 0 aliphatic carbocycles. The minimum atomic E-state index is 0.548. The van der Waals surface area contributed by atoms with Crippen LogP contribution >= 0.6 is 0 Å². The average molecular weight is 339 g/mol. The number of aryl methyl sites for hydroxylation is 1. The third-order valence-electron chi connectivity index (χ3n) is 4.29. The molecule has 26 heavy (non-hydrogen) atoms. The second kappa shape index (κ2) is 6.73. The van der Waals surface area contributed by atoms with Crippen LogP contribution in [0.15, 0.2) is 73.1 Å². The third-order valence-corrected chi connectivity index (χ3v) is 4.29. The van der Waals surface area contributed by atoms with Gasteiger partial charge in [-0.15, -0.1) is 0 Å². The minimum Gasteiger partial charge on any atom is -0.489 e. The van der Waals surface area contributed by atoms with Gasteiger partial charge >= 0.3 is 0 Å². The van der Waals surface area contributed by atoms with Crippen LogP contribution in [-0.2, 0) is 6.61 Å². The summed E-state index contributed by atoms with van der Waals surface area (Å²) in [6.07, 6.45) is 3.73. The predicted molar refractivity (Wildman–Crippen MR) is 101 cm³/mol. The average Bonchev–Trinajstić information content (AvgIpc) is 3.11. The fourth-order valence-electron chi connectivity index (χ4n) is 2.90. The molecule has 0 bridgehead atoms. The quantitative estimate of drug-likeness (QED) is 0.538. The van der Waals surface area contributed by atoms with Gasteiger partial charge in [0.15, 0.2) is 0 Å². The first-order valence-corrected chi connectivity index (χ1v) is 8.39. The van der Waals surface area contributed by atoms with Crippen molar-refractivity contribution in [3.8, 4) is 23.1 Å². The molecule has 0 saturated carbocycles. The molecule has 0 amide bonds. The molecule has 0 fully saturated rings. The third kappa shape index (κ3) is 3.15. The van der Waals surface area contributed by atoms with Crippen LogP contribution in [0.2, 0.25) is 0 Å². The number of benzene rings is 2. The van der Waals surface area contributed by atoms with Gasteiger partial charge in [0, 0.05) is 18.0 Å². The highest BCUT2D eigenvalue weighted by Crippen LogP contribution is 2.26. The first-order chi connectivity index (χ1) is 12.7. The molecule has 4 nitrogen and oxygen atoms in total. The Kier molecular flexibility index (Phi) is 4.12. The van der Waals surface area contributed by atoms with Crippen molar-refractivity contribution in [1.29, 1.82) is 5.26 Å². The summed E-state index contributed by atoms with van der Waals surface area (Å²) in [5.41, 5.74) is 5.54. The molecular weight excluding hydrogens is 322 g/mol. The Labute approximate surface area is 151 Å². The smallest absolute Gasteiger partial charge is 0.137 e. The maximum Gasteiger partial charge on any atom is 0.137 e. The van der Waals surface area contributed by atoms with E-state index in [2.05, 4.69) is 29.3 Å². The largest absolute Gasteiger partial charge is 0.489 e. The molecule has 0 unspecified atom stereocenters. The van der Waals surface area contributed by atoms with Gasteiger partial charge < -0.3 is 9.14 Å². The normalized spacial score (nSPS) is 10.6. The number of nitrogens with zero attached hydrogens (tertiary/aromatic N) is 3. The van der Waals surface area contributed by atoms with Crippen molar-refractivity contribution in [2.24, 2.45) is 0 Å². The fraction of sp³-hybridized carbons (Fsp3) is 0.0909. The van der Waals surface area contributed by atoms with Gasteiger partial charge in [-0.1, -0.05) is 30.3 Å². The number of ether oxygens (including phenoxy) is 1. The van der Waals surface area contributed by atoms with E-state index in [4.69, 9.17) is 10.00 Å². The molecule has 0 saturated heterocycles. The predicted octanol–water partition coefficient (Wildman–Crippen LogP) is 4.76. The van der Waals surface area contributed by atoms with Gasteiger partial charge in [-0.25, -0.2) is 4.98 Å². The Morgan fingerprint density at radius 2 is 1.88 bits per heavy atom. The van der Waals surface area contributed by atoms with Crippen molar-refractivity contribution in [2.75, 3.05) is 0 Å². The van der Waals surface area contributed by atoms with E-state index in [-0.39, 0.29) is 0 Å². The van der Waals surface area contributed by atoms with Crippen LogP contribution in [0.25, 0.3) is 16.9 Å². The van der Waals surface area contributed by atoms with E-state index in [0.717, 1.165) is 33.8 Å². The number of rotatable bonds is 4. The van der Waals surface area contributed by atoms with E-state index in [1.54, 1.807) is 12.3 Å². The molecule has 0 atom stereocenters. The van der Waals surface area contributed by atoms with Crippen molar-refractivity contribution in [3.05, 3.63) is 89.7 Å². The Morgan fingerprint density at radius 3 is 2.65 bits per heavy atom. The second-order valence-electron chi connectivity index (χ2n) is 6.18. The number of aromatic nitrogens is 2. The SMILES string of the molecule is Cc1cc(-c2cn3cc(C#N)ccc3n2)ccc1OCc1ccccc1. The number of hydrogen-bond donors (Lipinski definition) is 0. The van der Waals surface area contributed by atoms with E-state index in [0.29, 0.717) is 12.2 Å². The van der Waals surface area contributed by atoms with Crippen LogP contribution in [0.1, 0.15) is 16.7 Å². The Morgan fingerprint density at radius 1 is 1.04 bits per heavy atom. The number of hydrogen-bond acceptors (Lipinski definition) is 3. The lowest BCUT2D eigenvalue weighted by atomic mass is 10.1. The van der Waals surface area contributed by atoms with Gasteiger partial charge in [-0.05, 0) is 48.4 Å². The summed E-state index contributed by atoms with van der Waals surface area (Å²) >= 11 is 0. The van der Waals surface area contributed by atoms with Gasteiger partial charge in [-0.3, -0.25) is 0 Å². The topological polar surface area (TPSA) is 50.3 Å². The van der Waals surface area contributed by atoms with Crippen molar-refractivity contribution in [3.63, 3.8) is 0 Å². The second-order valence-corrected chi connectivity index (χ2v) is 6.18. The summed E-state index contributed by atoms with van der Waals surface area (Å²) in [6.45, 7) is 2.58. The summed E-state index contributed by atoms with van der Waals surface area (Å²) in [5, 5.41) is 9.02. The first kappa shape index (κ1) is 15.9. The maximum atomic E-state index is 9.02. The summed E-state index contributed by atoms with van der Waals surface area (Å²) in [4.78, 5) is 4.64. The van der Waals surface area contributed by atoms with Crippen molar-refractivity contribution in [1.82, 2.24) is 9.38 Å². The molecule has 2 heterocycles. The van der Waals surface area contributed by atoms with Gasteiger partial charge in [0.25, 0.3) is 0 Å². The fourth-order valence-corrected chi connectivity index (χ4v) is 2.90. The number of fused-ring (bicyclic) bond motifs is 1. The van der Waals surface area contributed by atoms with Crippen LogP contribution < -0.4 is 4.74 Å². The Hall–Kier alpha value is -3.58. The van der Waals surface area contributed by atoms with E-state index < -0.39 is 0 Å². The first-order valence-electron chi connectivity index (χ1n) is 8.39. The standard InChI is InChI=1S/C22H17N3O/c1-16-11-19(8-9-21(16)26-15-17-5-3-2-4-6-17)20-14-25-13-18(12-23)7-10-22(25)24-20/h2-11,13-14H,15H2,1H3. The number of nitriles is 1. The Balaban J connectivity index is 1.58. The Bertz CT molecular complexity index is 1110. The molecule has 2 aromatic heterocycles. The number of imidazole rings is 1. The molecule has 4 heteroatoms.